The van der Waals surface area contributed by atoms with Gasteiger partial charge in [-0.2, -0.15) is 13.2 Å². The topological polar surface area (TPSA) is 104 Å². The number of carbonyl (C=O) groups excluding carboxylic acids is 2. The quantitative estimate of drug-likeness (QED) is 0.487. The van der Waals surface area contributed by atoms with Crippen molar-refractivity contribution in [2.45, 2.75) is 58.9 Å². The summed E-state index contributed by atoms with van der Waals surface area (Å²) in [4.78, 5) is 41.1. The minimum Gasteiger partial charge on any atom is -0.426 e. The summed E-state index contributed by atoms with van der Waals surface area (Å²) in [5, 5.41) is 5.63. The number of likely N-dealkylation sites (tertiary alicyclic amines) is 1. The summed E-state index contributed by atoms with van der Waals surface area (Å²) in [5.74, 6) is -1.46. The molecule has 3 N–H and O–H groups in total. The highest BCUT2D eigenvalue weighted by Crippen LogP contribution is 2.44. The van der Waals surface area contributed by atoms with Crippen molar-refractivity contribution in [3.8, 4) is 5.75 Å². The Bertz CT molecular complexity index is 1190. The average molecular weight is 495 g/mol. The van der Waals surface area contributed by atoms with Crippen molar-refractivity contribution >= 4 is 18.1 Å². The molecule has 0 bridgehead atoms. The fraction of sp³-hybridized carbons (Fsp3) is 0.458. The molecular formula is C24H29F3N4O4. The van der Waals surface area contributed by atoms with Crippen LogP contribution in [0.4, 0.5) is 18.9 Å². The fourth-order valence-corrected chi connectivity index (χ4v) is 4.57. The molecular weight excluding hydrogens is 465 g/mol. The summed E-state index contributed by atoms with van der Waals surface area (Å²) in [6.07, 6.45) is -4.13. The van der Waals surface area contributed by atoms with Crippen molar-refractivity contribution in [1.82, 2.24) is 15.2 Å². The number of halogens is 3. The van der Waals surface area contributed by atoms with E-state index in [1.165, 1.54) is 6.92 Å². The zero-order chi connectivity index (χ0) is 26.1. The van der Waals surface area contributed by atoms with Crippen LogP contribution in [0.15, 0.2) is 16.9 Å². The number of ether oxygens (including phenoxy) is 1. The number of aryl methyl sites for hydroxylation is 2. The maximum absolute atomic E-state index is 14.0. The van der Waals surface area contributed by atoms with E-state index in [9.17, 15) is 27.6 Å². The molecule has 1 saturated heterocycles. The Morgan fingerprint density at radius 3 is 2.51 bits per heavy atom. The van der Waals surface area contributed by atoms with E-state index >= 15 is 0 Å². The summed E-state index contributed by atoms with van der Waals surface area (Å²) in [7, 11) is 1.90. The van der Waals surface area contributed by atoms with Gasteiger partial charge in [0.15, 0.2) is 5.75 Å². The Morgan fingerprint density at radius 1 is 1.29 bits per heavy atom. The third-order valence-corrected chi connectivity index (χ3v) is 6.44. The van der Waals surface area contributed by atoms with Crippen molar-refractivity contribution < 1.29 is 27.5 Å². The zero-order valence-electron chi connectivity index (χ0n) is 20.2. The predicted molar refractivity (Wildman–Crippen MR) is 125 cm³/mol. The largest absolute Gasteiger partial charge is 0.426 e. The van der Waals surface area contributed by atoms with E-state index < -0.39 is 23.4 Å². The Labute approximate surface area is 200 Å². The molecule has 1 amide bonds. The third-order valence-electron chi connectivity index (χ3n) is 6.44. The summed E-state index contributed by atoms with van der Waals surface area (Å²) in [6.45, 7) is 7.23. The van der Waals surface area contributed by atoms with E-state index in [1.807, 2.05) is 14.0 Å². The molecule has 1 aliphatic heterocycles. The molecule has 3 rings (SSSR count). The number of rotatable bonds is 8. The van der Waals surface area contributed by atoms with Gasteiger partial charge in [0, 0.05) is 36.0 Å². The van der Waals surface area contributed by atoms with Gasteiger partial charge in [-0.1, -0.05) is 6.92 Å². The van der Waals surface area contributed by atoms with Crippen LogP contribution in [0.1, 0.15) is 51.7 Å². The number of nitrogens with one attached hydrogen (secondary N) is 3. The smallest absolute Gasteiger partial charge is 0.420 e. The lowest BCUT2D eigenvalue weighted by molar-refractivity contribution is -0.139. The monoisotopic (exact) mass is 494 g/mol. The van der Waals surface area contributed by atoms with Gasteiger partial charge in [0.05, 0.1) is 11.7 Å². The Balaban J connectivity index is 2.03. The summed E-state index contributed by atoms with van der Waals surface area (Å²) >= 11 is 0. The highest BCUT2D eigenvalue weighted by Gasteiger charge is 2.40. The van der Waals surface area contributed by atoms with Crippen LogP contribution in [-0.2, 0) is 17.5 Å². The van der Waals surface area contributed by atoms with E-state index in [-0.39, 0.29) is 47.5 Å². The fourth-order valence-electron chi connectivity index (χ4n) is 4.57. The molecule has 0 spiro atoms. The van der Waals surface area contributed by atoms with Crippen molar-refractivity contribution in [3.63, 3.8) is 0 Å². The molecule has 11 heteroatoms. The maximum Gasteiger partial charge on any atom is 0.420 e. The molecule has 1 aromatic heterocycles. The number of nitrogens with zero attached hydrogens (tertiary/aromatic N) is 1. The number of H-pyrrole nitrogens is 1. The van der Waals surface area contributed by atoms with Crippen LogP contribution in [0.25, 0.3) is 0 Å². The minimum atomic E-state index is -4.89. The van der Waals surface area contributed by atoms with Gasteiger partial charge in [-0.25, -0.2) is 0 Å². The minimum absolute atomic E-state index is 0.0574. The van der Waals surface area contributed by atoms with Gasteiger partial charge < -0.3 is 20.4 Å². The standard InChI is InChI=1S/C24H29F3N4O4/c1-6-19-18(10-31(19)5)30-20-14(4)15(8-17(24(25,26)27)21(20)35-11-32)22(33)28-9-16-12(2)7-13(3)29-23(16)34/h7-8,11,18-19,30H,6,9-10H2,1-5H3,(H,28,33)(H,29,34). The van der Waals surface area contributed by atoms with Gasteiger partial charge in [-0.15, -0.1) is 0 Å². The number of hydrogen-bond acceptors (Lipinski definition) is 6. The first kappa shape index (κ1) is 26.3. The van der Waals surface area contributed by atoms with Gasteiger partial charge >= 0.3 is 6.18 Å². The normalized spacial score (nSPS) is 18.1. The van der Waals surface area contributed by atoms with E-state index in [4.69, 9.17) is 4.74 Å². The highest BCUT2D eigenvalue weighted by molar-refractivity contribution is 5.98. The maximum atomic E-state index is 14.0. The average Bonchev–Trinajstić information content (AvgIpc) is 2.74. The van der Waals surface area contributed by atoms with E-state index in [2.05, 4.69) is 20.5 Å². The number of alkyl halides is 3. The van der Waals surface area contributed by atoms with Crippen LogP contribution in [-0.4, -0.2) is 47.9 Å². The second-order valence-electron chi connectivity index (χ2n) is 8.80. The number of aromatic amines is 1. The number of aromatic nitrogens is 1. The molecule has 2 unspecified atom stereocenters. The van der Waals surface area contributed by atoms with Gasteiger partial charge in [0.25, 0.3) is 17.9 Å². The molecule has 190 valence electrons. The molecule has 35 heavy (non-hydrogen) atoms. The second-order valence-corrected chi connectivity index (χ2v) is 8.80. The molecule has 8 nitrogen and oxygen atoms in total. The van der Waals surface area contributed by atoms with Crippen molar-refractivity contribution in [1.29, 1.82) is 0 Å². The van der Waals surface area contributed by atoms with Crippen LogP contribution in [0.3, 0.4) is 0 Å². The molecule has 1 aliphatic rings. The number of amides is 1. The molecule has 2 atom stereocenters. The van der Waals surface area contributed by atoms with E-state index in [0.717, 1.165) is 6.42 Å². The van der Waals surface area contributed by atoms with Gasteiger partial charge in [0.2, 0.25) is 0 Å². The molecule has 2 heterocycles. The van der Waals surface area contributed by atoms with Crippen LogP contribution >= 0.6 is 0 Å². The molecule has 0 saturated carbocycles. The number of hydrogen-bond donors (Lipinski definition) is 3. The number of anilines is 1. The van der Waals surface area contributed by atoms with Crippen molar-refractivity contribution in [2.75, 3.05) is 18.9 Å². The van der Waals surface area contributed by atoms with Crippen LogP contribution in [0, 0.1) is 20.8 Å². The zero-order valence-corrected chi connectivity index (χ0v) is 20.2. The molecule has 0 radical (unpaired) electrons. The Kier molecular flexibility index (Phi) is 7.59. The summed E-state index contributed by atoms with van der Waals surface area (Å²) < 4.78 is 46.6. The Morgan fingerprint density at radius 2 is 1.97 bits per heavy atom. The van der Waals surface area contributed by atoms with Crippen LogP contribution in [0.2, 0.25) is 0 Å². The summed E-state index contributed by atoms with van der Waals surface area (Å²) in [5.41, 5.74) is -0.109. The third kappa shape index (κ3) is 5.34. The van der Waals surface area contributed by atoms with Gasteiger partial charge in [0.1, 0.15) is 5.56 Å². The highest BCUT2D eigenvalue weighted by atomic mass is 19.4. The van der Waals surface area contributed by atoms with Crippen LogP contribution in [0.5, 0.6) is 5.75 Å². The van der Waals surface area contributed by atoms with E-state index in [0.29, 0.717) is 29.4 Å². The lowest BCUT2D eigenvalue weighted by Gasteiger charge is -2.46. The first-order valence-electron chi connectivity index (χ1n) is 11.2. The number of pyridine rings is 1. The lowest BCUT2D eigenvalue weighted by Crippen LogP contribution is -2.61. The SMILES string of the molecule is CCC1C(Nc2c(C)c(C(=O)NCc3c(C)cc(C)[nH]c3=O)cc(C(F)(F)F)c2OC=O)CN1C. The first-order valence-corrected chi connectivity index (χ1v) is 11.2. The summed E-state index contributed by atoms with van der Waals surface area (Å²) in [6, 6.07) is 2.29. The van der Waals surface area contributed by atoms with Crippen molar-refractivity contribution in [2.24, 2.45) is 0 Å². The molecule has 0 aliphatic carbocycles. The second kappa shape index (κ2) is 10.1. The molecule has 2 aromatic rings. The van der Waals surface area contributed by atoms with Gasteiger partial charge in [-0.3, -0.25) is 19.3 Å². The van der Waals surface area contributed by atoms with Crippen molar-refractivity contribution in [3.05, 3.63) is 56.0 Å². The van der Waals surface area contributed by atoms with Crippen LogP contribution < -0.4 is 20.9 Å². The van der Waals surface area contributed by atoms with E-state index in [1.54, 1.807) is 19.9 Å². The number of likely N-dealkylation sites (N-methyl/N-ethyl adjacent to an activating group) is 1. The molecule has 1 fully saturated rings. The number of benzene rings is 1. The van der Waals surface area contributed by atoms with Gasteiger partial charge in [-0.05, 0) is 57.5 Å². The molecule has 1 aromatic carbocycles. The number of carbonyl (C=O) groups is 2. The first-order chi connectivity index (χ1) is 16.4. The predicted octanol–water partition coefficient (Wildman–Crippen LogP) is 3.29. The Hall–Kier alpha value is -3.34. The lowest BCUT2D eigenvalue weighted by atomic mass is 9.93.